The van der Waals surface area contributed by atoms with Gasteiger partial charge in [-0.15, -0.1) is 0 Å². The summed E-state index contributed by atoms with van der Waals surface area (Å²) >= 11 is 0. The first-order valence-corrected chi connectivity index (χ1v) is 7.36. The topological polar surface area (TPSA) is 58.0 Å². The minimum Gasteiger partial charge on any atom is -0.360 e. The molecule has 2 aromatic heterocycles. The first-order chi connectivity index (χ1) is 10.6. The molecule has 0 aliphatic carbocycles. The maximum Gasteiger partial charge on any atom is 0.227 e. The molecule has 0 saturated carbocycles. The van der Waals surface area contributed by atoms with Crippen molar-refractivity contribution in [2.24, 2.45) is 0 Å². The highest BCUT2D eigenvalue weighted by Gasteiger charge is 2.24. The lowest BCUT2D eigenvalue weighted by Gasteiger charge is -2.32. The maximum absolute atomic E-state index is 13.7. The van der Waals surface area contributed by atoms with E-state index in [1.165, 1.54) is 6.20 Å². The van der Waals surface area contributed by atoms with E-state index in [4.69, 9.17) is 0 Å². The van der Waals surface area contributed by atoms with Gasteiger partial charge in [-0.3, -0.25) is 0 Å². The zero-order valence-electron chi connectivity index (χ0n) is 12.8. The second kappa shape index (κ2) is 6.21. The first-order valence-electron chi connectivity index (χ1n) is 7.36. The van der Waals surface area contributed by atoms with Crippen LogP contribution in [0.1, 0.15) is 24.5 Å². The van der Waals surface area contributed by atoms with E-state index in [9.17, 15) is 4.39 Å². The van der Waals surface area contributed by atoms with Crippen LogP contribution in [0.5, 0.6) is 0 Å². The van der Waals surface area contributed by atoms with Crippen LogP contribution in [0, 0.1) is 5.82 Å². The summed E-state index contributed by atoms with van der Waals surface area (Å²) in [6, 6.07) is 1.95. The fourth-order valence-corrected chi connectivity index (χ4v) is 2.76. The van der Waals surface area contributed by atoms with E-state index in [1.54, 1.807) is 31.5 Å². The average molecular weight is 302 g/mol. The number of piperidine rings is 1. The molecule has 1 atom stereocenters. The number of nitrogens with zero attached hydrogens (tertiary/aromatic N) is 6. The molecule has 0 amide bonds. The molecule has 6 nitrogen and oxygen atoms in total. The van der Waals surface area contributed by atoms with Gasteiger partial charge in [0, 0.05) is 45.0 Å². The summed E-state index contributed by atoms with van der Waals surface area (Å²) in [6.07, 6.45) is 6.69. The molecule has 0 radical (unpaired) electrons. The van der Waals surface area contributed by atoms with E-state index in [-0.39, 0.29) is 0 Å². The Balaban J connectivity index is 1.82. The second-order valence-corrected chi connectivity index (χ2v) is 5.66. The smallest absolute Gasteiger partial charge is 0.227 e. The van der Waals surface area contributed by atoms with E-state index in [0.29, 0.717) is 17.7 Å². The predicted octanol–water partition coefficient (Wildman–Crippen LogP) is 1.86. The van der Waals surface area contributed by atoms with Crippen molar-refractivity contribution in [1.82, 2.24) is 19.9 Å². The Labute approximate surface area is 129 Å². The number of anilines is 2. The standard InChI is InChI=1S/C15H19FN6/c1-21(2)14-12(16)8-18-15(20-14)22-7-3-4-11(9-22)13-5-6-17-10-19-13/h5-6,8,10-11H,3-4,7,9H2,1-2H3/t11-/m0/s1. The number of hydrogen-bond acceptors (Lipinski definition) is 6. The van der Waals surface area contributed by atoms with Crippen LogP contribution in [0.3, 0.4) is 0 Å². The summed E-state index contributed by atoms with van der Waals surface area (Å²) in [4.78, 5) is 20.6. The summed E-state index contributed by atoms with van der Waals surface area (Å²) in [6.45, 7) is 1.66. The van der Waals surface area contributed by atoms with E-state index in [0.717, 1.165) is 31.6 Å². The van der Waals surface area contributed by atoms with E-state index < -0.39 is 5.82 Å². The molecular formula is C15H19FN6. The first kappa shape index (κ1) is 14.6. The minimum absolute atomic E-state index is 0.314. The Hall–Kier alpha value is -2.31. The van der Waals surface area contributed by atoms with Crippen LogP contribution in [0.4, 0.5) is 16.2 Å². The van der Waals surface area contributed by atoms with E-state index >= 15 is 0 Å². The van der Waals surface area contributed by atoms with Gasteiger partial charge in [0.1, 0.15) is 6.33 Å². The fourth-order valence-electron chi connectivity index (χ4n) is 2.76. The molecule has 22 heavy (non-hydrogen) atoms. The van der Waals surface area contributed by atoms with Gasteiger partial charge in [0.25, 0.3) is 0 Å². The van der Waals surface area contributed by atoms with E-state index in [1.807, 2.05) is 6.07 Å². The van der Waals surface area contributed by atoms with Crippen LogP contribution in [0.15, 0.2) is 24.8 Å². The minimum atomic E-state index is -0.405. The van der Waals surface area contributed by atoms with Gasteiger partial charge < -0.3 is 9.80 Å². The van der Waals surface area contributed by atoms with Crippen LogP contribution in [-0.4, -0.2) is 47.1 Å². The molecule has 0 bridgehead atoms. The maximum atomic E-state index is 13.7. The van der Waals surface area contributed by atoms with Gasteiger partial charge in [0.2, 0.25) is 5.95 Å². The molecule has 1 fully saturated rings. The third kappa shape index (κ3) is 2.98. The van der Waals surface area contributed by atoms with Crippen LogP contribution in [0.25, 0.3) is 0 Å². The molecule has 1 saturated heterocycles. The summed E-state index contributed by atoms with van der Waals surface area (Å²) in [7, 11) is 3.55. The molecule has 116 valence electrons. The fraction of sp³-hybridized carbons (Fsp3) is 0.467. The Kier molecular flexibility index (Phi) is 4.13. The van der Waals surface area contributed by atoms with Crippen LogP contribution < -0.4 is 9.80 Å². The van der Waals surface area contributed by atoms with Gasteiger partial charge in [0.15, 0.2) is 11.6 Å². The van der Waals surface area contributed by atoms with Gasteiger partial charge in [-0.2, -0.15) is 4.98 Å². The average Bonchev–Trinajstić information content (AvgIpc) is 2.56. The van der Waals surface area contributed by atoms with Crippen molar-refractivity contribution >= 4 is 11.8 Å². The number of rotatable bonds is 3. The molecule has 0 aromatic carbocycles. The third-order valence-electron chi connectivity index (χ3n) is 3.86. The zero-order chi connectivity index (χ0) is 15.5. The Morgan fingerprint density at radius 2 is 2.18 bits per heavy atom. The summed E-state index contributed by atoms with van der Waals surface area (Å²) < 4.78 is 13.7. The van der Waals surface area contributed by atoms with Crippen molar-refractivity contribution in [3.63, 3.8) is 0 Å². The molecule has 2 aromatic rings. The van der Waals surface area contributed by atoms with Crippen molar-refractivity contribution in [1.29, 1.82) is 0 Å². The van der Waals surface area contributed by atoms with Crippen LogP contribution in [0.2, 0.25) is 0 Å². The zero-order valence-corrected chi connectivity index (χ0v) is 12.8. The van der Waals surface area contributed by atoms with Gasteiger partial charge in [-0.1, -0.05) is 0 Å². The van der Waals surface area contributed by atoms with Crippen molar-refractivity contribution in [2.75, 3.05) is 37.0 Å². The Morgan fingerprint density at radius 1 is 1.32 bits per heavy atom. The second-order valence-electron chi connectivity index (χ2n) is 5.66. The van der Waals surface area contributed by atoms with E-state index in [2.05, 4.69) is 24.8 Å². The molecule has 3 rings (SSSR count). The van der Waals surface area contributed by atoms with Crippen molar-refractivity contribution < 1.29 is 4.39 Å². The normalized spacial score (nSPS) is 18.3. The third-order valence-corrected chi connectivity index (χ3v) is 3.86. The SMILES string of the molecule is CN(C)c1nc(N2CCC[C@H](c3ccncn3)C2)ncc1F. The van der Waals surface area contributed by atoms with Gasteiger partial charge >= 0.3 is 0 Å². The molecular weight excluding hydrogens is 283 g/mol. The highest BCUT2D eigenvalue weighted by Crippen LogP contribution is 2.28. The van der Waals surface area contributed by atoms with Crippen molar-refractivity contribution in [3.8, 4) is 0 Å². The van der Waals surface area contributed by atoms with Gasteiger partial charge in [-0.25, -0.2) is 19.3 Å². The molecule has 0 unspecified atom stereocenters. The molecule has 1 aliphatic heterocycles. The number of halogens is 1. The van der Waals surface area contributed by atoms with Crippen LogP contribution >= 0.6 is 0 Å². The largest absolute Gasteiger partial charge is 0.360 e. The number of aromatic nitrogens is 4. The Bertz CT molecular complexity index is 633. The lowest BCUT2D eigenvalue weighted by atomic mass is 9.95. The van der Waals surface area contributed by atoms with Crippen molar-refractivity contribution in [3.05, 3.63) is 36.3 Å². The highest BCUT2D eigenvalue weighted by molar-refractivity contribution is 5.44. The quantitative estimate of drug-likeness (QED) is 0.862. The van der Waals surface area contributed by atoms with Gasteiger partial charge in [0.05, 0.1) is 6.20 Å². The molecule has 3 heterocycles. The summed E-state index contributed by atoms with van der Waals surface area (Å²) in [5.41, 5.74) is 1.04. The lowest BCUT2D eigenvalue weighted by Crippen LogP contribution is -2.36. The van der Waals surface area contributed by atoms with Gasteiger partial charge in [-0.05, 0) is 18.9 Å². The summed E-state index contributed by atoms with van der Waals surface area (Å²) in [5.74, 6) is 0.810. The molecule has 0 spiro atoms. The monoisotopic (exact) mass is 302 g/mol. The lowest BCUT2D eigenvalue weighted by molar-refractivity contribution is 0.493. The summed E-state index contributed by atoms with van der Waals surface area (Å²) in [5, 5.41) is 0. The van der Waals surface area contributed by atoms with Crippen molar-refractivity contribution in [2.45, 2.75) is 18.8 Å². The van der Waals surface area contributed by atoms with Crippen LogP contribution in [-0.2, 0) is 0 Å². The molecule has 1 aliphatic rings. The molecule has 0 N–H and O–H groups in total. The number of hydrogen-bond donors (Lipinski definition) is 0. The predicted molar refractivity (Wildman–Crippen MR) is 82.5 cm³/mol. The Morgan fingerprint density at radius 3 is 2.91 bits per heavy atom. The molecule has 7 heteroatoms. The highest BCUT2D eigenvalue weighted by atomic mass is 19.1.